The largest absolute Gasteiger partial charge is 0.435 e. The van der Waals surface area contributed by atoms with Crippen molar-refractivity contribution < 1.29 is 18.0 Å². The topological polar surface area (TPSA) is 41.4 Å². The minimum atomic E-state index is -4.48. The molecule has 8 heteroatoms. The molecule has 1 aliphatic rings. The highest BCUT2D eigenvalue weighted by Crippen LogP contribution is 2.28. The zero-order chi connectivity index (χ0) is 21.2. The molecule has 1 aliphatic heterocycles. The lowest BCUT2D eigenvalue weighted by Gasteiger charge is -2.36. The van der Waals surface area contributed by atoms with E-state index in [4.69, 9.17) is 0 Å². The van der Waals surface area contributed by atoms with Gasteiger partial charge >= 0.3 is 6.18 Å². The summed E-state index contributed by atoms with van der Waals surface area (Å²) in [6, 6.07) is 9.29. The van der Waals surface area contributed by atoms with Crippen LogP contribution in [-0.2, 0) is 24.1 Å². The third kappa shape index (κ3) is 5.18. The van der Waals surface area contributed by atoms with Crippen LogP contribution in [0.4, 0.5) is 13.2 Å². The fraction of sp³-hybridized carbons (Fsp3) is 0.524. The van der Waals surface area contributed by atoms with Gasteiger partial charge in [0.25, 0.3) is 0 Å². The molecular weight excluding hydrogens is 381 g/mol. The van der Waals surface area contributed by atoms with Crippen molar-refractivity contribution in [1.82, 2.24) is 19.6 Å². The van der Waals surface area contributed by atoms with E-state index in [2.05, 4.69) is 29.1 Å². The molecule has 0 saturated carbocycles. The Kier molecular flexibility index (Phi) is 6.31. The highest BCUT2D eigenvalue weighted by Gasteiger charge is 2.35. The van der Waals surface area contributed by atoms with Crippen LogP contribution in [0.2, 0.25) is 0 Å². The molecule has 1 aromatic carbocycles. The lowest BCUT2D eigenvalue weighted by Crippen LogP contribution is -2.50. The number of halogens is 3. The number of nitrogens with zero attached hydrogens (tertiary/aromatic N) is 4. The second-order valence-corrected chi connectivity index (χ2v) is 7.78. The minimum Gasteiger partial charge on any atom is -0.340 e. The van der Waals surface area contributed by atoms with Crippen molar-refractivity contribution in [3.05, 3.63) is 52.8 Å². The first-order valence-electron chi connectivity index (χ1n) is 9.82. The number of benzene rings is 1. The summed E-state index contributed by atoms with van der Waals surface area (Å²) in [4.78, 5) is 16.9. The Morgan fingerprint density at radius 1 is 1.14 bits per heavy atom. The van der Waals surface area contributed by atoms with E-state index in [1.54, 1.807) is 13.8 Å². The van der Waals surface area contributed by atoms with Crippen LogP contribution >= 0.6 is 0 Å². The summed E-state index contributed by atoms with van der Waals surface area (Å²) < 4.78 is 39.8. The zero-order valence-corrected chi connectivity index (χ0v) is 17.0. The summed E-state index contributed by atoms with van der Waals surface area (Å²) in [6.45, 7) is 9.24. The van der Waals surface area contributed by atoms with Crippen LogP contribution in [0.15, 0.2) is 30.3 Å². The van der Waals surface area contributed by atoms with Crippen molar-refractivity contribution >= 4 is 5.91 Å². The lowest BCUT2D eigenvalue weighted by molar-refractivity contribution is -0.141. The van der Waals surface area contributed by atoms with E-state index in [-0.39, 0.29) is 12.5 Å². The fourth-order valence-corrected chi connectivity index (χ4v) is 3.64. The third-order valence-electron chi connectivity index (χ3n) is 5.48. The number of carbonyl (C=O) groups excluding carboxylic acids is 1. The van der Waals surface area contributed by atoms with Crippen molar-refractivity contribution in [2.24, 2.45) is 5.92 Å². The van der Waals surface area contributed by atoms with Crippen LogP contribution in [0.5, 0.6) is 0 Å². The first-order valence-corrected chi connectivity index (χ1v) is 9.82. The van der Waals surface area contributed by atoms with Gasteiger partial charge in [-0.3, -0.25) is 14.4 Å². The average Bonchev–Trinajstić information content (AvgIpc) is 3.04. The molecule has 0 radical (unpaired) electrons. The Morgan fingerprint density at radius 3 is 2.38 bits per heavy atom. The zero-order valence-electron chi connectivity index (χ0n) is 17.0. The van der Waals surface area contributed by atoms with Crippen LogP contribution in [0.25, 0.3) is 0 Å². The van der Waals surface area contributed by atoms with E-state index >= 15 is 0 Å². The number of alkyl halides is 3. The van der Waals surface area contributed by atoms with Crippen molar-refractivity contribution in [3.8, 4) is 0 Å². The summed E-state index contributed by atoms with van der Waals surface area (Å²) in [7, 11) is 0. The molecule has 2 aromatic rings. The van der Waals surface area contributed by atoms with Gasteiger partial charge in [0, 0.05) is 38.4 Å². The molecule has 1 saturated heterocycles. The van der Waals surface area contributed by atoms with Gasteiger partial charge in [0.05, 0.1) is 12.5 Å². The Hall–Kier alpha value is -2.35. The van der Waals surface area contributed by atoms with Gasteiger partial charge in [-0.2, -0.15) is 18.3 Å². The summed E-state index contributed by atoms with van der Waals surface area (Å²) in [5.41, 5.74) is 2.03. The van der Waals surface area contributed by atoms with Gasteiger partial charge < -0.3 is 4.90 Å². The van der Waals surface area contributed by atoms with Crippen LogP contribution < -0.4 is 0 Å². The molecule has 2 heterocycles. The monoisotopic (exact) mass is 408 g/mol. The summed E-state index contributed by atoms with van der Waals surface area (Å²) >= 11 is 0. The number of aromatic nitrogens is 2. The average molecular weight is 408 g/mol. The maximum atomic E-state index is 12.8. The number of amides is 1. The number of hydrogen-bond acceptors (Lipinski definition) is 3. The molecule has 29 heavy (non-hydrogen) atoms. The number of rotatable bonds is 5. The predicted molar refractivity (Wildman–Crippen MR) is 104 cm³/mol. The van der Waals surface area contributed by atoms with Gasteiger partial charge in [0.15, 0.2) is 5.69 Å². The van der Waals surface area contributed by atoms with Crippen LogP contribution in [0.3, 0.4) is 0 Å². The van der Waals surface area contributed by atoms with Crippen molar-refractivity contribution in [3.63, 3.8) is 0 Å². The van der Waals surface area contributed by atoms with Gasteiger partial charge in [0.2, 0.25) is 5.91 Å². The number of aryl methyl sites for hydroxylation is 2. The minimum absolute atomic E-state index is 0.0380. The molecule has 1 aromatic heterocycles. The van der Waals surface area contributed by atoms with E-state index in [1.165, 1.54) is 15.8 Å². The maximum Gasteiger partial charge on any atom is 0.435 e. The molecule has 0 aliphatic carbocycles. The first kappa shape index (κ1) is 21.4. The molecule has 158 valence electrons. The Morgan fingerprint density at radius 2 is 1.79 bits per heavy atom. The van der Waals surface area contributed by atoms with E-state index in [0.29, 0.717) is 18.8 Å². The normalized spacial score (nSPS) is 16.8. The number of hydrogen-bond donors (Lipinski definition) is 0. The van der Waals surface area contributed by atoms with E-state index < -0.39 is 17.8 Å². The highest BCUT2D eigenvalue weighted by molar-refractivity contribution is 5.78. The second kappa shape index (κ2) is 8.57. The van der Waals surface area contributed by atoms with Crippen molar-refractivity contribution in [2.45, 2.75) is 40.0 Å². The maximum absolute atomic E-state index is 12.8. The Labute approximate surface area is 169 Å². The van der Waals surface area contributed by atoms with E-state index in [9.17, 15) is 18.0 Å². The van der Waals surface area contributed by atoms with Gasteiger partial charge in [-0.05, 0) is 31.0 Å². The van der Waals surface area contributed by atoms with Crippen LogP contribution in [0.1, 0.15) is 29.4 Å². The van der Waals surface area contributed by atoms with Gasteiger partial charge in [0.1, 0.15) is 0 Å². The van der Waals surface area contributed by atoms with Gasteiger partial charge in [-0.1, -0.05) is 31.2 Å². The summed E-state index contributed by atoms with van der Waals surface area (Å²) in [5.74, 6) is -0.471. The highest BCUT2D eigenvalue weighted by atomic mass is 19.4. The Bertz CT molecular complexity index is 854. The summed E-state index contributed by atoms with van der Waals surface area (Å²) in [6.07, 6.45) is -4.48. The van der Waals surface area contributed by atoms with Gasteiger partial charge in [-0.25, -0.2) is 0 Å². The molecule has 0 spiro atoms. The molecule has 1 fully saturated rings. The smallest absolute Gasteiger partial charge is 0.340 e. The molecule has 1 unspecified atom stereocenters. The van der Waals surface area contributed by atoms with Crippen molar-refractivity contribution in [1.29, 1.82) is 0 Å². The molecule has 1 atom stereocenters. The Balaban J connectivity index is 1.54. The second-order valence-electron chi connectivity index (χ2n) is 7.78. The molecule has 5 nitrogen and oxygen atoms in total. The molecule has 0 N–H and O–H groups in total. The van der Waals surface area contributed by atoms with Crippen molar-refractivity contribution in [2.75, 3.05) is 26.2 Å². The van der Waals surface area contributed by atoms with E-state index in [0.717, 1.165) is 25.7 Å². The quantitative estimate of drug-likeness (QED) is 0.761. The number of piperazine rings is 1. The molecule has 3 rings (SSSR count). The van der Waals surface area contributed by atoms with Gasteiger partial charge in [-0.15, -0.1) is 0 Å². The first-order chi connectivity index (χ1) is 13.6. The molecular formula is C21H27F3N4O. The standard InChI is InChI=1S/C21H27F3N4O/c1-15-6-4-5-7-18(15)14-26-8-10-27(11-9-26)20(29)16(2)13-28-17(3)12-19(25-28)21(22,23)24/h4-7,12,16H,8-11,13-14H2,1-3H3. The van der Waals surface area contributed by atoms with Crippen LogP contribution in [0, 0.1) is 19.8 Å². The predicted octanol–water partition coefficient (Wildman–Crippen LogP) is 3.50. The number of carbonyl (C=O) groups is 1. The van der Waals surface area contributed by atoms with E-state index in [1.807, 2.05) is 17.0 Å². The van der Waals surface area contributed by atoms with Crippen LogP contribution in [-0.4, -0.2) is 51.7 Å². The third-order valence-corrected chi connectivity index (χ3v) is 5.48. The molecule has 0 bridgehead atoms. The SMILES string of the molecule is Cc1ccccc1CN1CCN(C(=O)C(C)Cn2nc(C(F)(F)F)cc2C)CC1. The summed E-state index contributed by atoms with van der Waals surface area (Å²) in [5, 5.41) is 3.63. The molecule has 1 amide bonds. The lowest BCUT2D eigenvalue weighted by atomic mass is 10.1. The fourth-order valence-electron chi connectivity index (χ4n) is 3.64.